The zero-order valence-corrected chi connectivity index (χ0v) is 7.63. The van der Waals surface area contributed by atoms with E-state index in [0.29, 0.717) is 4.31 Å². The van der Waals surface area contributed by atoms with E-state index in [9.17, 15) is 17.6 Å². The summed E-state index contributed by atoms with van der Waals surface area (Å²) in [6.07, 6.45) is -1.50. The Morgan fingerprint density at radius 3 is 2.62 bits per heavy atom. The van der Waals surface area contributed by atoms with Crippen LogP contribution in [0.3, 0.4) is 0 Å². The van der Waals surface area contributed by atoms with E-state index < -0.39 is 35.3 Å². The van der Waals surface area contributed by atoms with Crippen molar-refractivity contribution in [2.45, 2.75) is 12.5 Å². The van der Waals surface area contributed by atoms with Gasteiger partial charge in [-0.3, -0.25) is 4.79 Å². The predicted molar refractivity (Wildman–Crippen MR) is 42.1 cm³/mol. The molecule has 0 saturated carbocycles. The highest BCUT2D eigenvalue weighted by molar-refractivity contribution is 7.90. The fraction of sp³-hybridized carbons (Fsp3) is 0.833. The second-order valence-electron chi connectivity index (χ2n) is 2.80. The van der Waals surface area contributed by atoms with E-state index in [1.54, 1.807) is 0 Å². The lowest BCUT2D eigenvalue weighted by atomic mass is 10.3. The van der Waals surface area contributed by atoms with Crippen LogP contribution in [0.2, 0.25) is 0 Å². The maximum Gasteiger partial charge on any atom is 0.237 e. The summed E-state index contributed by atoms with van der Waals surface area (Å²) in [4.78, 5) is 11.0. The summed E-state index contributed by atoms with van der Waals surface area (Å²) in [6.45, 7) is -1.53. The Labute approximate surface area is 75.2 Å². The Kier molecular flexibility index (Phi) is 2.87. The van der Waals surface area contributed by atoms with Crippen molar-refractivity contribution in [1.82, 2.24) is 4.31 Å². The minimum absolute atomic E-state index is 0.0820. The second kappa shape index (κ2) is 3.59. The van der Waals surface area contributed by atoms with Gasteiger partial charge in [0.05, 0.1) is 12.3 Å². The normalized spacial score (nSPS) is 23.5. The van der Waals surface area contributed by atoms with Crippen molar-refractivity contribution >= 4 is 15.9 Å². The van der Waals surface area contributed by atoms with Crippen molar-refractivity contribution in [2.24, 2.45) is 0 Å². The van der Waals surface area contributed by atoms with Crippen LogP contribution in [0, 0.1) is 0 Å². The quantitative estimate of drug-likeness (QED) is 0.641. The molecule has 1 atom stereocenters. The van der Waals surface area contributed by atoms with Crippen LogP contribution in [-0.4, -0.2) is 48.8 Å². The first-order chi connectivity index (χ1) is 5.97. The number of nitrogens with zero attached hydrogens (tertiary/aromatic N) is 1. The lowest BCUT2D eigenvalue weighted by Gasteiger charge is -2.16. The number of carbonyl (C=O) groups excluding carboxylic acids is 1. The van der Waals surface area contributed by atoms with Gasteiger partial charge in [-0.1, -0.05) is 0 Å². The van der Waals surface area contributed by atoms with E-state index in [-0.39, 0.29) is 12.2 Å². The number of β-amino-alcohol motifs (C(OH)–C–C–N with tert-alkyl or cyclic N) is 1. The van der Waals surface area contributed by atoms with Gasteiger partial charge in [0.25, 0.3) is 0 Å². The van der Waals surface area contributed by atoms with Crippen LogP contribution in [0.4, 0.5) is 4.39 Å². The summed E-state index contributed by atoms with van der Waals surface area (Å²) < 4.78 is 34.6. The number of carbonyl (C=O) groups is 1. The van der Waals surface area contributed by atoms with Gasteiger partial charge in [-0.05, 0) is 0 Å². The molecule has 1 N–H and O–H groups in total. The standard InChI is InChI=1S/C6H10FNO4S/c7-3-5(9)4-8-6(10)1-2-13(8,11)12/h5,9H,1-4H2. The smallest absolute Gasteiger partial charge is 0.237 e. The Morgan fingerprint density at radius 1 is 1.62 bits per heavy atom. The highest BCUT2D eigenvalue weighted by Gasteiger charge is 2.35. The number of aliphatic hydroxyl groups is 1. The molecule has 1 saturated heterocycles. The zero-order chi connectivity index (χ0) is 10.1. The number of aliphatic hydroxyl groups excluding tert-OH is 1. The highest BCUT2D eigenvalue weighted by atomic mass is 32.2. The molecule has 0 bridgehead atoms. The third-order valence-electron chi connectivity index (χ3n) is 1.74. The van der Waals surface area contributed by atoms with Gasteiger partial charge in [-0.15, -0.1) is 0 Å². The molecule has 0 aromatic heterocycles. The summed E-state index contributed by atoms with van der Waals surface area (Å²) in [7, 11) is -3.58. The lowest BCUT2D eigenvalue weighted by molar-refractivity contribution is -0.126. The van der Waals surface area contributed by atoms with E-state index in [2.05, 4.69) is 0 Å². The molecule has 0 aliphatic carbocycles. The number of sulfonamides is 1. The molecule has 0 spiro atoms. The van der Waals surface area contributed by atoms with Crippen LogP contribution in [0.5, 0.6) is 0 Å². The number of hydrogen-bond acceptors (Lipinski definition) is 4. The minimum Gasteiger partial charge on any atom is -0.389 e. The number of hydrogen-bond donors (Lipinski definition) is 1. The molecule has 0 radical (unpaired) electrons. The van der Waals surface area contributed by atoms with E-state index >= 15 is 0 Å². The Hall–Kier alpha value is -0.690. The molecule has 7 heteroatoms. The molecule has 1 rings (SSSR count). The van der Waals surface area contributed by atoms with Gasteiger partial charge in [0.1, 0.15) is 12.8 Å². The van der Waals surface area contributed by atoms with Crippen LogP contribution in [0.1, 0.15) is 6.42 Å². The monoisotopic (exact) mass is 211 g/mol. The Morgan fingerprint density at radius 2 is 2.23 bits per heavy atom. The topological polar surface area (TPSA) is 74.7 Å². The maximum absolute atomic E-state index is 11.8. The maximum atomic E-state index is 11.8. The molecule has 1 unspecified atom stereocenters. The molecule has 1 heterocycles. The summed E-state index contributed by atoms with van der Waals surface area (Å²) in [5.41, 5.74) is 0. The molecule has 1 aliphatic heterocycles. The summed E-state index contributed by atoms with van der Waals surface area (Å²) in [5, 5.41) is 8.84. The SMILES string of the molecule is O=C1CCS(=O)(=O)N1CC(O)CF. The second-order valence-corrected chi connectivity index (χ2v) is 4.81. The van der Waals surface area contributed by atoms with Crippen molar-refractivity contribution < 1.29 is 22.7 Å². The predicted octanol–water partition coefficient (Wildman–Crippen LogP) is -1.12. The average molecular weight is 211 g/mol. The van der Waals surface area contributed by atoms with Gasteiger partial charge in [0.15, 0.2) is 0 Å². The minimum atomic E-state index is -3.58. The first-order valence-corrected chi connectivity index (χ1v) is 5.35. The Balaban J connectivity index is 2.72. The van der Waals surface area contributed by atoms with Crippen LogP contribution in [0.25, 0.3) is 0 Å². The van der Waals surface area contributed by atoms with Crippen molar-refractivity contribution in [1.29, 1.82) is 0 Å². The number of rotatable bonds is 3. The van der Waals surface area contributed by atoms with Crippen LogP contribution >= 0.6 is 0 Å². The average Bonchev–Trinajstić information content (AvgIpc) is 2.31. The molecule has 5 nitrogen and oxygen atoms in total. The first-order valence-electron chi connectivity index (χ1n) is 3.74. The first kappa shape index (κ1) is 10.4. The molecule has 76 valence electrons. The Bertz CT molecular complexity index is 302. The van der Waals surface area contributed by atoms with E-state index in [0.717, 1.165) is 0 Å². The largest absolute Gasteiger partial charge is 0.389 e. The summed E-state index contributed by atoms with van der Waals surface area (Å²) >= 11 is 0. The van der Waals surface area contributed by atoms with Crippen molar-refractivity contribution in [3.05, 3.63) is 0 Å². The third kappa shape index (κ3) is 2.16. The summed E-state index contributed by atoms with van der Waals surface area (Å²) in [6, 6.07) is 0. The highest BCUT2D eigenvalue weighted by Crippen LogP contribution is 2.15. The molecular weight excluding hydrogens is 201 g/mol. The van der Waals surface area contributed by atoms with E-state index in [1.807, 2.05) is 0 Å². The van der Waals surface area contributed by atoms with Crippen molar-refractivity contribution in [3.63, 3.8) is 0 Å². The van der Waals surface area contributed by atoms with Gasteiger partial charge in [-0.25, -0.2) is 17.1 Å². The van der Waals surface area contributed by atoms with Crippen molar-refractivity contribution in [2.75, 3.05) is 19.0 Å². The lowest BCUT2D eigenvalue weighted by Crippen LogP contribution is -2.37. The van der Waals surface area contributed by atoms with Crippen LogP contribution in [0.15, 0.2) is 0 Å². The molecule has 13 heavy (non-hydrogen) atoms. The van der Waals surface area contributed by atoms with E-state index in [1.165, 1.54) is 0 Å². The molecule has 0 aromatic carbocycles. The van der Waals surface area contributed by atoms with Crippen LogP contribution < -0.4 is 0 Å². The zero-order valence-electron chi connectivity index (χ0n) is 6.81. The van der Waals surface area contributed by atoms with Crippen molar-refractivity contribution in [3.8, 4) is 0 Å². The van der Waals surface area contributed by atoms with Gasteiger partial charge in [0.2, 0.25) is 15.9 Å². The number of halogens is 1. The van der Waals surface area contributed by atoms with Crippen LogP contribution in [-0.2, 0) is 14.8 Å². The fourth-order valence-corrected chi connectivity index (χ4v) is 2.52. The molecule has 1 fully saturated rings. The number of amides is 1. The molecule has 1 aliphatic rings. The number of alkyl halides is 1. The molecular formula is C6H10FNO4S. The summed E-state index contributed by atoms with van der Waals surface area (Å²) in [5.74, 6) is -0.822. The molecule has 0 aromatic rings. The van der Waals surface area contributed by atoms with Gasteiger partial charge < -0.3 is 5.11 Å². The third-order valence-corrected chi connectivity index (χ3v) is 3.49. The fourth-order valence-electron chi connectivity index (χ4n) is 1.06. The van der Waals surface area contributed by atoms with E-state index in [4.69, 9.17) is 5.11 Å². The van der Waals surface area contributed by atoms with Gasteiger partial charge in [0, 0.05) is 6.42 Å². The molecule has 1 amide bonds. The van der Waals surface area contributed by atoms with Gasteiger partial charge >= 0.3 is 0 Å². The van der Waals surface area contributed by atoms with Gasteiger partial charge in [-0.2, -0.15) is 0 Å².